The molecule has 0 radical (unpaired) electrons. The van der Waals surface area contributed by atoms with E-state index in [0.29, 0.717) is 26.1 Å². The summed E-state index contributed by atoms with van der Waals surface area (Å²) in [5.41, 5.74) is 3.04. The van der Waals surface area contributed by atoms with E-state index < -0.39 is 5.97 Å². The largest absolute Gasteiger partial charge is 0.461 e. The van der Waals surface area contributed by atoms with Gasteiger partial charge in [-0.05, 0) is 19.4 Å². The number of fused-ring (bicyclic) bond motifs is 1. The van der Waals surface area contributed by atoms with Gasteiger partial charge in [0.1, 0.15) is 0 Å². The molecule has 2 amide bonds. The zero-order valence-corrected chi connectivity index (χ0v) is 18.2. The Kier molecular flexibility index (Phi) is 5.80. The molecule has 164 valence electrons. The quantitative estimate of drug-likeness (QED) is 0.687. The van der Waals surface area contributed by atoms with Crippen LogP contribution in [0.25, 0.3) is 0 Å². The van der Waals surface area contributed by atoms with Crippen molar-refractivity contribution in [3.8, 4) is 0 Å². The van der Waals surface area contributed by atoms with Crippen LogP contribution in [0.2, 0.25) is 0 Å². The molecule has 4 rings (SSSR count). The van der Waals surface area contributed by atoms with Crippen molar-refractivity contribution in [1.82, 2.24) is 19.6 Å². The number of carbonyl (C=O) groups is 3. The minimum atomic E-state index is -0.465. The van der Waals surface area contributed by atoms with Gasteiger partial charge in [-0.1, -0.05) is 30.3 Å². The predicted molar refractivity (Wildman–Crippen MR) is 113 cm³/mol. The normalized spacial score (nSPS) is 19.3. The molecule has 1 aromatic heterocycles. The van der Waals surface area contributed by atoms with Crippen LogP contribution >= 0.6 is 0 Å². The molecule has 8 nitrogen and oxygen atoms in total. The lowest BCUT2D eigenvalue weighted by molar-refractivity contribution is -0.136. The summed E-state index contributed by atoms with van der Waals surface area (Å²) in [5.74, 6) is -0.878. The van der Waals surface area contributed by atoms with Gasteiger partial charge in [0.25, 0.3) is 0 Å². The smallest absolute Gasteiger partial charge is 0.359 e. The highest BCUT2D eigenvalue weighted by Crippen LogP contribution is 2.31. The molecule has 0 N–H and O–H groups in total. The molecule has 2 aliphatic heterocycles. The topological polar surface area (TPSA) is 84.7 Å². The van der Waals surface area contributed by atoms with Crippen molar-refractivity contribution in [3.63, 3.8) is 0 Å². The fourth-order valence-electron chi connectivity index (χ4n) is 4.58. The van der Waals surface area contributed by atoms with E-state index in [9.17, 15) is 14.4 Å². The molecule has 31 heavy (non-hydrogen) atoms. The van der Waals surface area contributed by atoms with Crippen molar-refractivity contribution in [1.29, 1.82) is 0 Å². The van der Waals surface area contributed by atoms with Gasteiger partial charge in [0.2, 0.25) is 11.8 Å². The molecule has 2 aromatic rings. The summed E-state index contributed by atoms with van der Waals surface area (Å²) in [6.45, 7) is 5.29. The van der Waals surface area contributed by atoms with Gasteiger partial charge >= 0.3 is 5.97 Å². The molecule has 1 fully saturated rings. The number of rotatable bonds is 5. The number of amides is 2. The Balaban J connectivity index is 1.48. The third-order valence-corrected chi connectivity index (χ3v) is 6.28. The summed E-state index contributed by atoms with van der Waals surface area (Å²) in [6.07, 6.45) is 0.839. The van der Waals surface area contributed by atoms with E-state index >= 15 is 0 Å². The molecular formula is C23H28N4O4. The molecule has 0 aliphatic carbocycles. The molecular weight excluding hydrogens is 396 g/mol. The molecule has 0 saturated carbocycles. The van der Waals surface area contributed by atoms with Gasteiger partial charge in [-0.3, -0.25) is 14.3 Å². The maximum Gasteiger partial charge on any atom is 0.359 e. The molecule has 0 bridgehead atoms. The first kappa shape index (κ1) is 21.1. The average Bonchev–Trinajstić information content (AvgIpc) is 3.33. The molecule has 2 aliphatic rings. The Labute approximate surface area is 181 Å². The molecule has 8 heteroatoms. The third-order valence-electron chi connectivity index (χ3n) is 6.28. The van der Waals surface area contributed by atoms with Crippen molar-refractivity contribution >= 4 is 17.8 Å². The molecule has 0 spiro atoms. The summed E-state index contributed by atoms with van der Waals surface area (Å²) in [7, 11) is 1.80. The van der Waals surface area contributed by atoms with Gasteiger partial charge in [0.05, 0.1) is 18.6 Å². The standard InChI is InChI=1S/C23H28N4O4/c1-4-31-23(30)21-18-14-26(11-10-19(18)25(3)24-21)22(29)17-12-20(28)27(13-17)15(2)16-8-6-5-7-9-16/h5-9,15,17H,4,10-14H2,1-3H3. The van der Waals surface area contributed by atoms with E-state index in [1.165, 1.54) is 0 Å². The zero-order valence-electron chi connectivity index (χ0n) is 18.2. The molecule has 1 saturated heterocycles. The van der Waals surface area contributed by atoms with Crippen molar-refractivity contribution in [2.24, 2.45) is 13.0 Å². The Bertz CT molecular complexity index is 1000. The fraction of sp³-hybridized carbons (Fsp3) is 0.478. The van der Waals surface area contributed by atoms with Gasteiger partial charge in [0, 0.05) is 50.8 Å². The summed E-state index contributed by atoms with van der Waals surface area (Å²) in [5, 5.41) is 4.32. The molecule has 3 heterocycles. The monoisotopic (exact) mass is 424 g/mol. The molecule has 2 atom stereocenters. The highest BCUT2D eigenvalue weighted by atomic mass is 16.5. The Hall–Kier alpha value is -3.16. The SMILES string of the molecule is CCOC(=O)c1nn(C)c2c1CN(C(=O)C1CC(=O)N(C(C)c3ccccc3)C1)CC2. The lowest BCUT2D eigenvalue weighted by Gasteiger charge is -2.30. The molecule has 1 aromatic carbocycles. The number of aromatic nitrogens is 2. The third kappa shape index (κ3) is 3.94. The van der Waals surface area contributed by atoms with Gasteiger partial charge in [-0.15, -0.1) is 0 Å². The van der Waals surface area contributed by atoms with E-state index in [1.54, 1.807) is 28.5 Å². The number of carbonyl (C=O) groups excluding carboxylic acids is 3. The highest BCUT2D eigenvalue weighted by molar-refractivity contribution is 5.91. The van der Waals surface area contributed by atoms with Crippen molar-refractivity contribution in [2.45, 2.75) is 39.3 Å². The lowest BCUT2D eigenvalue weighted by Crippen LogP contribution is -2.41. The Morgan fingerprint density at radius 3 is 2.71 bits per heavy atom. The van der Waals surface area contributed by atoms with Crippen LogP contribution in [0.3, 0.4) is 0 Å². The maximum absolute atomic E-state index is 13.3. The predicted octanol–water partition coefficient (Wildman–Crippen LogP) is 2.09. The Morgan fingerprint density at radius 2 is 2.00 bits per heavy atom. The van der Waals surface area contributed by atoms with Crippen LogP contribution in [0, 0.1) is 5.92 Å². The summed E-state index contributed by atoms with van der Waals surface area (Å²) in [4.78, 5) is 41.8. The second-order valence-electron chi connectivity index (χ2n) is 8.16. The number of esters is 1. The second-order valence-corrected chi connectivity index (χ2v) is 8.16. The van der Waals surface area contributed by atoms with Gasteiger partial charge < -0.3 is 14.5 Å². The van der Waals surface area contributed by atoms with Crippen LogP contribution in [0.5, 0.6) is 0 Å². The maximum atomic E-state index is 13.3. The summed E-state index contributed by atoms with van der Waals surface area (Å²) < 4.78 is 6.83. The number of aryl methyl sites for hydroxylation is 1. The number of nitrogens with zero attached hydrogens (tertiary/aromatic N) is 4. The highest BCUT2D eigenvalue weighted by Gasteiger charge is 2.40. The van der Waals surface area contributed by atoms with E-state index in [4.69, 9.17) is 4.74 Å². The number of hydrogen-bond acceptors (Lipinski definition) is 5. The number of likely N-dealkylation sites (tertiary alicyclic amines) is 1. The van der Waals surface area contributed by atoms with E-state index in [1.807, 2.05) is 37.3 Å². The van der Waals surface area contributed by atoms with Gasteiger partial charge in [-0.2, -0.15) is 5.10 Å². The van der Waals surface area contributed by atoms with Crippen LogP contribution < -0.4 is 0 Å². The van der Waals surface area contributed by atoms with Gasteiger partial charge in [-0.25, -0.2) is 4.79 Å². The fourth-order valence-corrected chi connectivity index (χ4v) is 4.58. The minimum Gasteiger partial charge on any atom is -0.461 e. The van der Waals surface area contributed by atoms with Crippen LogP contribution in [0.15, 0.2) is 30.3 Å². The van der Waals surface area contributed by atoms with Crippen molar-refractivity contribution in [2.75, 3.05) is 19.7 Å². The van der Waals surface area contributed by atoms with Crippen molar-refractivity contribution < 1.29 is 19.1 Å². The van der Waals surface area contributed by atoms with Crippen LogP contribution in [0.1, 0.15) is 53.6 Å². The second kappa shape index (κ2) is 8.53. The summed E-state index contributed by atoms with van der Waals surface area (Å²) >= 11 is 0. The average molecular weight is 425 g/mol. The van der Waals surface area contributed by atoms with E-state index in [0.717, 1.165) is 16.8 Å². The minimum absolute atomic E-state index is 0.000918. The first-order valence-corrected chi connectivity index (χ1v) is 10.8. The van der Waals surface area contributed by atoms with E-state index in [2.05, 4.69) is 5.10 Å². The zero-order chi connectivity index (χ0) is 22.1. The van der Waals surface area contributed by atoms with Crippen LogP contribution in [0.4, 0.5) is 0 Å². The summed E-state index contributed by atoms with van der Waals surface area (Å²) in [6, 6.07) is 9.78. The lowest BCUT2D eigenvalue weighted by atomic mass is 10.0. The first-order valence-electron chi connectivity index (χ1n) is 10.8. The number of hydrogen-bond donors (Lipinski definition) is 0. The Morgan fingerprint density at radius 1 is 1.26 bits per heavy atom. The van der Waals surface area contributed by atoms with Crippen molar-refractivity contribution in [3.05, 3.63) is 52.8 Å². The number of benzene rings is 1. The van der Waals surface area contributed by atoms with E-state index in [-0.39, 0.29) is 42.5 Å². The number of ether oxygens (including phenoxy) is 1. The molecule has 2 unspecified atom stereocenters. The first-order chi connectivity index (χ1) is 14.9. The van der Waals surface area contributed by atoms with Crippen LogP contribution in [-0.2, 0) is 34.3 Å². The van der Waals surface area contributed by atoms with Gasteiger partial charge in [0.15, 0.2) is 5.69 Å². The van der Waals surface area contributed by atoms with Crippen LogP contribution in [-0.4, -0.2) is 57.1 Å².